The summed E-state index contributed by atoms with van der Waals surface area (Å²) in [5.74, 6) is -3.17. The summed E-state index contributed by atoms with van der Waals surface area (Å²) in [6.45, 7) is 1.44. The van der Waals surface area contributed by atoms with Crippen LogP contribution < -0.4 is 0 Å². The van der Waals surface area contributed by atoms with Gasteiger partial charge in [0.1, 0.15) is 0 Å². The van der Waals surface area contributed by atoms with Gasteiger partial charge < -0.3 is 9.84 Å². The lowest BCUT2D eigenvalue weighted by Gasteiger charge is -2.00. The van der Waals surface area contributed by atoms with E-state index in [1.54, 1.807) is 0 Å². The minimum absolute atomic E-state index is 0.0213. The van der Waals surface area contributed by atoms with Crippen LogP contribution in [-0.4, -0.2) is 29.8 Å². The Morgan fingerprint density at radius 2 is 2.20 bits per heavy atom. The molecule has 0 heterocycles. The molecule has 0 amide bonds. The highest BCUT2D eigenvalue weighted by Crippen LogP contribution is 1.93. The van der Waals surface area contributed by atoms with Crippen molar-refractivity contribution in [2.75, 3.05) is 6.61 Å². The van der Waals surface area contributed by atoms with Gasteiger partial charge in [-0.25, -0.2) is 14.0 Å². The Balaban J connectivity index is 3.82. The number of ether oxygens (including phenoxy) is 1. The van der Waals surface area contributed by atoms with Crippen LogP contribution in [0.15, 0.2) is 0 Å². The number of carboxylic acids is 1. The second-order valence-corrected chi connectivity index (χ2v) is 1.45. The first-order valence-corrected chi connectivity index (χ1v) is 2.63. The number of aliphatic carboxylic acids is 1. The highest BCUT2D eigenvalue weighted by atomic mass is 19.1. The van der Waals surface area contributed by atoms with Gasteiger partial charge >= 0.3 is 11.9 Å². The van der Waals surface area contributed by atoms with Crippen molar-refractivity contribution in [3.8, 4) is 0 Å². The number of esters is 1. The molecule has 0 bridgehead atoms. The molecule has 5 heteroatoms. The molecule has 1 N–H and O–H groups in total. The predicted molar refractivity (Wildman–Crippen MR) is 29.2 cm³/mol. The molecule has 0 aliphatic carbocycles. The summed E-state index contributed by atoms with van der Waals surface area (Å²) in [7, 11) is 0. The number of hydrogen-bond acceptors (Lipinski definition) is 3. The van der Waals surface area contributed by atoms with E-state index >= 15 is 0 Å². The molecule has 0 radical (unpaired) electrons. The number of carbonyl (C=O) groups excluding carboxylic acids is 1. The third-order valence-corrected chi connectivity index (χ3v) is 0.710. The molecule has 0 aliphatic heterocycles. The van der Waals surface area contributed by atoms with Crippen LogP contribution in [0, 0.1) is 0 Å². The maximum absolute atomic E-state index is 12.0. The number of hydrogen-bond donors (Lipinski definition) is 1. The van der Waals surface area contributed by atoms with E-state index in [4.69, 9.17) is 5.11 Å². The third-order valence-electron chi connectivity index (χ3n) is 0.710. The van der Waals surface area contributed by atoms with Crippen LogP contribution >= 0.6 is 0 Å². The predicted octanol–water partition coefficient (Wildman–Crippen LogP) is -0.0278. The molecule has 0 spiro atoms. The lowest BCUT2D eigenvalue weighted by molar-refractivity contribution is -0.159. The highest BCUT2D eigenvalue weighted by molar-refractivity contribution is 5.96. The molecular weight excluding hydrogens is 143 g/mol. The fourth-order valence-corrected chi connectivity index (χ4v) is 0.316. The molecule has 0 aromatic carbocycles. The fraction of sp³-hybridized carbons (Fsp3) is 0.600. The van der Waals surface area contributed by atoms with E-state index in [2.05, 4.69) is 4.74 Å². The van der Waals surface area contributed by atoms with Crippen LogP contribution in [0.2, 0.25) is 0 Å². The van der Waals surface area contributed by atoms with Crippen LogP contribution in [0.5, 0.6) is 0 Å². The zero-order chi connectivity index (χ0) is 8.15. The number of halogens is 1. The first-order valence-electron chi connectivity index (χ1n) is 2.63. The Labute approximate surface area is 56.6 Å². The molecular formula is C5H7FO4. The summed E-state index contributed by atoms with van der Waals surface area (Å²) in [5, 5.41) is 7.90. The summed E-state index contributed by atoms with van der Waals surface area (Å²) in [5.41, 5.74) is 0. The second-order valence-electron chi connectivity index (χ2n) is 1.45. The quantitative estimate of drug-likeness (QED) is 0.453. The van der Waals surface area contributed by atoms with Crippen molar-refractivity contribution < 1.29 is 23.8 Å². The van der Waals surface area contributed by atoms with Gasteiger partial charge in [-0.05, 0) is 6.92 Å². The molecule has 1 atom stereocenters. The van der Waals surface area contributed by atoms with Crippen molar-refractivity contribution in [2.45, 2.75) is 13.1 Å². The van der Waals surface area contributed by atoms with Crippen LogP contribution in [-0.2, 0) is 14.3 Å². The molecule has 0 aliphatic rings. The minimum atomic E-state index is -2.56. The number of carbonyl (C=O) groups is 2. The van der Waals surface area contributed by atoms with E-state index in [0.717, 1.165) is 0 Å². The minimum Gasteiger partial charge on any atom is -0.479 e. The van der Waals surface area contributed by atoms with E-state index in [1.807, 2.05) is 0 Å². The van der Waals surface area contributed by atoms with E-state index in [1.165, 1.54) is 6.92 Å². The Hall–Kier alpha value is -1.13. The van der Waals surface area contributed by atoms with Crippen molar-refractivity contribution in [3.63, 3.8) is 0 Å². The monoisotopic (exact) mass is 150 g/mol. The summed E-state index contributed by atoms with van der Waals surface area (Å²) in [6, 6.07) is 0. The van der Waals surface area contributed by atoms with Crippen molar-refractivity contribution in [2.24, 2.45) is 0 Å². The Morgan fingerprint density at radius 1 is 1.70 bits per heavy atom. The van der Waals surface area contributed by atoms with E-state index in [0.29, 0.717) is 0 Å². The Bertz CT molecular complexity index is 145. The SMILES string of the molecule is CCOC(=O)[C@H](F)C(=O)O. The zero-order valence-corrected chi connectivity index (χ0v) is 5.33. The lowest BCUT2D eigenvalue weighted by atomic mass is 10.4. The zero-order valence-electron chi connectivity index (χ0n) is 5.33. The van der Waals surface area contributed by atoms with Crippen molar-refractivity contribution in [1.29, 1.82) is 0 Å². The van der Waals surface area contributed by atoms with Gasteiger partial charge in [0.25, 0.3) is 6.17 Å². The molecule has 58 valence electrons. The number of alkyl halides is 1. The van der Waals surface area contributed by atoms with Gasteiger partial charge in [0.15, 0.2) is 0 Å². The van der Waals surface area contributed by atoms with Crippen LogP contribution in [0.25, 0.3) is 0 Å². The van der Waals surface area contributed by atoms with Crippen molar-refractivity contribution in [1.82, 2.24) is 0 Å². The maximum atomic E-state index is 12.0. The van der Waals surface area contributed by atoms with Crippen molar-refractivity contribution >= 4 is 11.9 Å². The molecule has 0 unspecified atom stereocenters. The van der Waals surface area contributed by atoms with Crippen LogP contribution in [0.3, 0.4) is 0 Å². The lowest BCUT2D eigenvalue weighted by Crippen LogP contribution is -2.27. The second kappa shape index (κ2) is 3.81. The van der Waals surface area contributed by atoms with Crippen LogP contribution in [0.1, 0.15) is 6.92 Å². The van der Waals surface area contributed by atoms with Gasteiger partial charge in [-0.3, -0.25) is 0 Å². The maximum Gasteiger partial charge on any atom is 0.352 e. The fourth-order valence-electron chi connectivity index (χ4n) is 0.316. The van der Waals surface area contributed by atoms with E-state index < -0.39 is 18.1 Å². The van der Waals surface area contributed by atoms with Gasteiger partial charge in [0.2, 0.25) is 0 Å². The van der Waals surface area contributed by atoms with Gasteiger partial charge in [-0.1, -0.05) is 0 Å². The standard InChI is InChI=1S/C5H7FO4/c1-2-10-5(9)3(6)4(7)8/h3H,2H2,1H3,(H,7,8)/t3-/m1/s1. The van der Waals surface area contributed by atoms with Gasteiger partial charge in [0, 0.05) is 0 Å². The number of rotatable bonds is 3. The molecule has 0 aromatic heterocycles. The normalized spacial score (nSPS) is 12.2. The molecule has 4 nitrogen and oxygen atoms in total. The largest absolute Gasteiger partial charge is 0.479 e. The van der Waals surface area contributed by atoms with E-state index in [9.17, 15) is 14.0 Å². The molecule has 0 saturated heterocycles. The van der Waals surface area contributed by atoms with Gasteiger partial charge in [-0.15, -0.1) is 0 Å². The molecule has 0 saturated carbocycles. The molecule has 0 fully saturated rings. The van der Waals surface area contributed by atoms with Crippen LogP contribution in [0.4, 0.5) is 4.39 Å². The summed E-state index contributed by atoms with van der Waals surface area (Å²) in [6.07, 6.45) is -2.56. The smallest absolute Gasteiger partial charge is 0.352 e. The first-order chi connectivity index (χ1) is 4.59. The van der Waals surface area contributed by atoms with E-state index in [-0.39, 0.29) is 6.61 Å². The summed E-state index contributed by atoms with van der Waals surface area (Å²) >= 11 is 0. The molecule has 0 rings (SSSR count). The highest BCUT2D eigenvalue weighted by Gasteiger charge is 2.26. The summed E-state index contributed by atoms with van der Waals surface area (Å²) in [4.78, 5) is 19.9. The van der Waals surface area contributed by atoms with Gasteiger partial charge in [0.05, 0.1) is 6.61 Å². The molecule has 0 aromatic rings. The average molecular weight is 150 g/mol. The summed E-state index contributed by atoms with van der Waals surface area (Å²) < 4.78 is 16.1. The topological polar surface area (TPSA) is 63.6 Å². The first kappa shape index (κ1) is 8.87. The Kier molecular flexibility index (Phi) is 3.38. The van der Waals surface area contributed by atoms with Gasteiger partial charge in [-0.2, -0.15) is 0 Å². The van der Waals surface area contributed by atoms with Crippen molar-refractivity contribution in [3.05, 3.63) is 0 Å². The average Bonchev–Trinajstić information content (AvgIpc) is 1.87. The number of carboxylic acid groups (broad SMARTS) is 1. The Morgan fingerprint density at radius 3 is 2.50 bits per heavy atom. The third kappa shape index (κ3) is 2.43. The molecule has 10 heavy (non-hydrogen) atoms.